The van der Waals surface area contributed by atoms with Gasteiger partial charge in [-0.3, -0.25) is 14.4 Å². The van der Waals surface area contributed by atoms with E-state index in [4.69, 9.17) is 4.74 Å². The molecule has 3 rings (SSSR count). The number of nitrogens with one attached hydrogen (secondary N) is 2. The Hall–Kier alpha value is -3.35. The Bertz CT molecular complexity index is 891. The third-order valence-corrected chi connectivity index (χ3v) is 4.55. The van der Waals surface area contributed by atoms with Gasteiger partial charge < -0.3 is 20.3 Å². The van der Waals surface area contributed by atoms with Crippen LogP contribution >= 0.6 is 0 Å². The second kappa shape index (κ2) is 9.23. The fraction of sp³-hybridized carbons (Fsp3) is 0.318. The molecule has 0 saturated heterocycles. The zero-order valence-electron chi connectivity index (χ0n) is 16.6. The SMILES string of the molecule is Cc1ccc(NC(=O)CN(C)C(=O)COc2cccc(NC(=O)C3CC3)c2)cc1. The molecule has 0 atom stereocenters. The van der Waals surface area contributed by atoms with Gasteiger partial charge in [0.2, 0.25) is 11.8 Å². The Morgan fingerprint density at radius 3 is 2.45 bits per heavy atom. The number of benzene rings is 2. The van der Waals surface area contributed by atoms with Crippen LogP contribution in [0.25, 0.3) is 0 Å². The predicted octanol–water partition coefficient (Wildman–Crippen LogP) is 2.82. The van der Waals surface area contributed by atoms with Crippen molar-refractivity contribution in [2.24, 2.45) is 5.92 Å². The molecule has 1 aliphatic carbocycles. The smallest absolute Gasteiger partial charge is 0.260 e. The Labute approximate surface area is 170 Å². The first-order valence-corrected chi connectivity index (χ1v) is 9.55. The summed E-state index contributed by atoms with van der Waals surface area (Å²) in [7, 11) is 1.55. The molecule has 1 aliphatic rings. The summed E-state index contributed by atoms with van der Waals surface area (Å²) in [5.41, 5.74) is 2.42. The van der Waals surface area contributed by atoms with Gasteiger partial charge in [0, 0.05) is 30.4 Å². The highest BCUT2D eigenvalue weighted by Gasteiger charge is 2.29. The molecule has 29 heavy (non-hydrogen) atoms. The lowest BCUT2D eigenvalue weighted by Gasteiger charge is -2.17. The van der Waals surface area contributed by atoms with E-state index in [1.165, 1.54) is 4.90 Å². The van der Waals surface area contributed by atoms with E-state index in [9.17, 15) is 14.4 Å². The second-order valence-corrected chi connectivity index (χ2v) is 7.24. The highest BCUT2D eigenvalue weighted by molar-refractivity contribution is 5.95. The maximum atomic E-state index is 12.3. The highest BCUT2D eigenvalue weighted by atomic mass is 16.5. The number of carbonyl (C=O) groups excluding carboxylic acids is 3. The Balaban J connectivity index is 1.45. The summed E-state index contributed by atoms with van der Waals surface area (Å²) in [5, 5.41) is 5.59. The third-order valence-electron chi connectivity index (χ3n) is 4.55. The van der Waals surface area contributed by atoms with Crippen molar-refractivity contribution in [3.63, 3.8) is 0 Å². The molecule has 7 nitrogen and oxygen atoms in total. The predicted molar refractivity (Wildman–Crippen MR) is 111 cm³/mol. The van der Waals surface area contributed by atoms with Crippen molar-refractivity contribution in [2.75, 3.05) is 30.8 Å². The largest absolute Gasteiger partial charge is 0.484 e. The lowest BCUT2D eigenvalue weighted by atomic mass is 10.2. The van der Waals surface area contributed by atoms with Crippen LogP contribution in [0.3, 0.4) is 0 Å². The van der Waals surface area contributed by atoms with Crippen molar-refractivity contribution in [3.8, 4) is 5.75 Å². The molecule has 2 aromatic carbocycles. The van der Waals surface area contributed by atoms with E-state index in [2.05, 4.69) is 10.6 Å². The highest BCUT2D eigenvalue weighted by Crippen LogP contribution is 2.30. The number of ether oxygens (including phenoxy) is 1. The summed E-state index contributed by atoms with van der Waals surface area (Å²) in [5.74, 6) is -0.00572. The third kappa shape index (κ3) is 6.34. The summed E-state index contributed by atoms with van der Waals surface area (Å²) in [6.07, 6.45) is 1.86. The van der Waals surface area contributed by atoms with Crippen molar-refractivity contribution in [1.82, 2.24) is 4.90 Å². The lowest BCUT2D eigenvalue weighted by Crippen LogP contribution is -2.37. The van der Waals surface area contributed by atoms with Gasteiger partial charge in [0.25, 0.3) is 5.91 Å². The van der Waals surface area contributed by atoms with Gasteiger partial charge in [-0.2, -0.15) is 0 Å². The molecule has 0 bridgehead atoms. The van der Waals surface area contributed by atoms with Crippen LogP contribution < -0.4 is 15.4 Å². The quantitative estimate of drug-likeness (QED) is 0.719. The van der Waals surface area contributed by atoms with Gasteiger partial charge in [0.15, 0.2) is 6.61 Å². The molecule has 0 spiro atoms. The van der Waals surface area contributed by atoms with Gasteiger partial charge in [-0.25, -0.2) is 0 Å². The van der Waals surface area contributed by atoms with Crippen molar-refractivity contribution in [2.45, 2.75) is 19.8 Å². The van der Waals surface area contributed by atoms with Crippen molar-refractivity contribution < 1.29 is 19.1 Å². The van der Waals surface area contributed by atoms with Gasteiger partial charge in [0.1, 0.15) is 5.75 Å². The fourth-order valence-electron chi connectivity index (χ4n) is 2.65. The summed E-state index contributed by atoms with van der Waals surface area (Å²) >= 11 is 0. The van der Waals surface area contributed by atoms with Crippen molar-refractivity contribution >= 4 is 29.1 Å². The minimum atomic E-state index is -0.323. The number of likely N-dealkylation sites (N-methyl/N-ethyl adjacent to an activating group) is 1. The average Bonchev–Trinajstić information content (AvgIpc) is 3.53. The zero-order chi connectivity index (χ0) is 20.8. The van der Waals surface area contributed by atoms with Crippen LogP contribution in [0.5, 0.6) is 5.75 Å². The summed E-state index contributed by atoms with van der Waals surface area (Å²) < 4.78 is 5.53. The minimum Gasteiger partial charge on any atom is -0.484 e. The molecule has 0 aromatic heterocycles. The first-order valence-electron chi connectivity index (χ1n) is 9.55. The van der Waals surface area contributed by atoms with Crippen LogP contribution in [0.2, 0.25) is 0 Å². The maximum Gasteiger partial charge on any atom is 0.260 e. The number of hydrogen-bond donors (Lipinski definition) is 2. The van der Waals surface area contributed by atoms with Gasteiger partial charge in [0.05, 0.1) is 6.54 Å². The summed E-state index contributed by atoms with van der Waals surface area (Å²) in [6.45, 7) is 1.69. The van der Waals surface area contributed by atoms with Crippen LogP contribution in [0.1, 0.15) is 18.4 Å². The van der Waals surface area contributed by atoms with Crippen LogP contribution in [0.15, 0.2) is 48.5 Å². The molecular formula is C22H25N3O4. The van der Waals surface area contributed by atoms with E-state index in [1.54, 1.807) is 31.3 Å². The van der Waals surface area contributed by atoms with E-state index < -0.39 is 0 Å². The van der Waals surface area contributed by atoms with Gasteiger partial charge in [-0.15, -0.1) is 0 Å². The topological polar surface area (TPSA) is 87.7 Å². The van der Waals surface area contributed by atoms with Crippen LogP contribution in [-0.4, -0.2) is 42.8 Å². The van der Waals surface area contributed by atoms with Gasteiger partial charge in [-0.1, -0.05) is 23.8 Å². The second-order valence-electron chi connectivity index (χ2n) is 7.24. The zero-order valence-corrected chi connectivity index (χ0v) is 16.6. The average molecular weight is 395 g/mol. The molecule has 0 unspecified atom stereocenters. The van der Waals surface area contributed by atoms with E-state index in [1.807, 2.05) is 31.2 Å². The monoisotopic (exact) mass is 395 g/mol. The standard InChI is InChI=1S/C22H25N3O4/c1-15-6-10-17(11-7-15)23-20(26)13-25(2)21(27)14-29-19-5-3-4-18(12-19)24-22(28)16-8-9-16/h3-7,10-12,16H,8-9,13-14H2,1-2H3,(H,23,26)(H,24,28). The molecular weight excluding hydrogens is 370 g/mol. The number of anilines is 2. The molecule has 2 N–H and O–H groups in total. The molecule has 0 radical (unpaired) electrons. The molecule has 7 heteroatoms. The normalized spacial score (nSPS) is 12.8. The van der Waals surface area contributed by atoms with E-state index in [-0.39, 0.29) is 36.8 Å². The minimum absolute atomic E-state index is 0.0116. The van der Waals surface area contributed by atoms with Crippen LogP contribution in [0.4, 0.5) is 11.4 Å². The first kappa shape index (κ1) is 20.4. The Morgan fingerprint density at radius 1 is 1.03 bits per heavy atom. The van der Waals surface area contributed by atoms with Crippen molar-refractivity contribution in [1.29, 1.82) is 0 Å². The van der Waals surface area contributed by atoms with E-state index >= 15 is 0 Å². The number of hydrogen-bond acceptors (Lipinski definition) is 4. The molecule has 1 fully saturated rings. The molecule has 1 saturated carbocycles. The van der Waals surface area contributed by atoms with Crippen molar-refractivity contribution in [3.05, 3.63) is 54.1 Å². The van der Waals surface area contributed by atoms with Gasteiger partial charge in [-0.05, 0) is 44.0 Å². The van der Waals surface area contributed by atoms with Crippen LogP contribution in [0, 0.1) is 12.8 Å². The molecule has 3 amide bonds. The molecule has 0 aliphatic heterocycles. The molecule has 2 aromatic rings. The Morgan fingerprint density at radius 2 is 1.76 bits per heavy atom. The number of aryl methyl sites for hydroxylation is 1. The Kier molecular flexibility index (Phi) is 6.49. The number of rotatable bonds is 8. The van der Waals surface area contributed by atoms with E-state index in [0.717, 1.165) is 18.4 Å². The number of nitrogens with zero attached hydrogens (tertiary/aromatic N) is 1. The maximum absolute atomic E-state index is 12.3. The lowest BCUT2D eigenvalue weighted by molar-refractivity contribution is -0.135. The molecule has 0 heterocycles. The fourth-order valence-corrected chi connectivity index (χ4v) is 2.65. The number of amides is 3. The van der Waals surface area contributed by atoms with E-state index in [0.29, 0.717) is 17.1 Å². The summed E-state index contributed by atoms with van der Waals surface area (Å²) in [6, 6.07) is 14.3. The van der Waals surface area contributed by atoms with Gasteiger partial charge >= 0.3 is 0 Å². The summed E-state index contributed by atoms with van der Waals surface area (Å²) in [4.78, 5) is 37.5. The number of carbonyl (C=O) groups is 3. The molecule has 152 valence electrons. The first-order chi connectivity index (χ1) is 13.9. The van der Waals surface area contributed by atoms with Crippen LogP contribution in [-0.2, 0) is 14.4 Å².